The van der Waals surface area contributed by atoms with E-state index in [1.807, 2.05) is 91.0 Å². The molecule has 41 heavy (non-hydrogen) atoms. The van der Waals surface area contributed by atoms with Crippen molar-refractivity contribution in [3.8, 4) is 45.6 Å². The van der Waals surface area contributed by atoms with Crippen LogP contribution in [0.3, 0.4) is 0 Å². The Balaban J connectivity index is 0.00000256. The van der Waals surface area contributed by atoms with Gasteiger partial charge in [0, 0.05) is 54.7 Å². The fraction of sp³-hybridized carbons (Fsp3) is 0. The van der Waals surface area contributed by atoms with Crippen LogP contribution in [-0.2, 0) is 21.7 Å². The summed E-state index contributed by atoms with van der Waals surface area (Å²) < 4.78 is 0. The van der Waals surface area contributed by atoms with E-state index in [9.17, 15) is 0 Å². The van der Waals surface area contributed by atoms with Gasteiger partial charge < -0.3 is 9.97 Å². The summed E-state index contributed by atoms with van der Waals surface area (Å²) >= 11 is 0. The molecule has 2 aliphatic heterocycles. The van der Waals surface area contributed by atoms with E-state index in [0.29, 0.717) is 45.9 Å². The largest absolute Gasteiger partial charge is 0.372 e. The Bertz CT molecular complexity index is 2030. The SMILES string of the molecule is [Ti].[c-]1cccc2c3nc4nc(nc5[nH]c(nc6nc(nc([nH]3)c12)-c1ccccc1-6)c1ccccc51)-c1ccccc1-4. The molecule has 9 rings (SSSR count). The summed E-state index contributed by atoms with van der Waals surface area (Å²) in [7, 11) is 0. The maximum atomic E-state index is 5.01. The minimum atomic E-state index is 0. The van der Waals surface area contributed by atoms with E-state index >= 15 is 0 Å². The Morgan fingerprint density at radius 2 is 0.805 bits per heavy atom. The Labute approximate surface area is 247 Å². The van der Waals surface area contributed by atoms with Gasteiger partial charge in [-0.2, -0.15) is 0 Å². The zero-order chi connectivity index (χ0) is 26.2. The van der Waals surface area contributed by atoms with Crippen LogP contribution < -0.4 is 0 Å². The van der Waals surface area contributed by atoms with E-state index in [4.69, 9.17) is 29.9 Å². The number of nitrogens with one attached hydrogen (secondary N) is 2. The van der Waals surface area contributed by atoms with Gasteiger partial charge in [-0.05, 0) is 0 Å². The quantitative estimate of drug-likeness (QED) is 0.158. The molecule has 0 aliphatic carbocycles. The van der Waals surface area contributed by atoms with E-state index < -0.39 is 0 Å². The van der Waals surface area contributed by atoms with Crippen LogP contribution in [0.5, 0.6) is 0 Å². The van der Waals surface area contributed by atoms with Gasteiger partial charge in [0.2, 0.25) is 0 Å². The summed E-state index contributed by atoms with van der Waals surface area (Å²) in [5, 5.41) is 3.63. The zero-order valence-electron chi connectivity index (χ0n) is 21.3. The van der Waals surface area contributed by atoms with Crippen molar-refractivity contribution in [1.82, 2.24) is 39.9 Å². The predicted octanol–water partition coefficient (Wildman–Crippen LogP) is 6.67. The fourth-order valence-corrected chi connectivity index (χ4v) is 5.52. The number of nitrogens with zero attached hydrogens (tertiary/aromatic N) is 6. The van der Waals surface area contributed by atoms with Gasteiger partial charge in [-0.15, -0.1) is 24.3 Å². The molecule has 8 bridgehead atoms. The maximum absolute atomic E-state index is 5.01. The molecule has 8 nitrogen and oxygen atoms in total. The van der Waals surface area contributed by atoms with Crippen LogP contribution in [0.15, 0.2) is 91.0 Å². The molecular weight excluding hydrogens is 544 g/mol. The second-order valence-corrected chi connectivity index (χ2v) is 9.71. The molecular formula is C32H17N8Ti-. The van der Waals surface area contributed by atoms with Crippen molar-refractivity contribution in [3.63, 3.8) is 0 Å². The van der Waals surface area contributed by atoms with E-state index in [1.165, 1.54) is 0 Å². The molecule has 0 radical (unpaired) electrons. The number of aromatic amines is 2. The second kappa shape index (κ2) is 8.99. The molecule has 7 aromatic rings. The summed E-state index contributed by atoms with van der Waals surface area (Å²) in [5.74, 6) is 2.34. The molecule has 5 heterocycles. The van der Waals surface area contributed by atoms with Crippen molar-refractivity contribution >= 4 is 44.1 Å². The number of fused-ring (bicyclic) bond motifs is 20. The molecule has 0 saturated heterocycles. The fourth-order valence-electron chi connectivity index (χ4n) is 5.52. The van der Waals surface area contributed by atoms with Gasteiger partial charge in [-0.3, -0.25) is 4.98 Å². The van der Waals surface area contributed by atoms with Crippen LogP contribution in [0.25, 0.3) is 89.7 Å². The van der Waals surface area contributed by atoms with Gasteiger partial charge >= 0.3 is 0 Å². The van der Waals surface area contributed by atoms with Crippen LogP contribution in [0.4, 0.5) is 0 Å². The van der Waals surface area contributed by atoms with Crippen molar-refractivity contribution in [2.24, 2.45) is 0 Å². The first kappa shape index (κ1) is 23.8. The number of hydrogen-bond acceptors (Lipinski definition) is 6. The minimum absolute atomic E-state index is 0. The summed E-state index contributed by atoms with van der Waals surface area (Å²) in [5.41, 5.74) is 6.31. The minimum Gasteiger partial charge on any atom is -0.372 e. The molecule has 190 valence electrons. The zero-order valence-corrected chi connectivity index (χ0v) is 22.9. The Hall–Kier alpha value is -5.05. The van der Waals surface area contributed by atoms with Crippen molar-refractivity contribution in [2.45, 2.75) is 0 Å². The van der Waals surface area contributed by atoms with Crippen molar-refractivity contribution in [1.29, 1.82) is 0 Å². The number of hydrogen-bond donors (Lipinski definition) is 2. The predicted molar refractivity (Wildman–Crippen MR) is 155 cm³/mol. The van der Waals surface area contributed by atoms with Crippen LogP contribution in [-0.4, -0.2) is 39.9 Å². The molecule has 3 aromatic heterocycles. The summed E-state index contributed by atoms with van der Waals surface area (Å²) in [6, 6.07) is 33.2. The van der Waals surface area contributed by atoms with Gasteiger partial charge in [0.05, 0.1) is 11.3 Å². The van der Waals surface area contributed by atoms with Crippen LogP contribution >= 0.6 is 0 Å². The molecule has 0 fully saturated rings. The number of rotatable bonds is 0. The molecule has 4 aromatic carbocycles. The molecule has 0 spiro atoms. The first-order valence-electron chi connectivity index (χ1n) is 12.9. The third-order valence-corrected chi connectivity index (χ3v) is 7.37. The van der Waals surface area contributed by atoms with Crippen LogP contribution in [0, 0.1) is 6.07 Å². The summed E-state index contributed by atoms with van der Waals surface area (Å²) in [4.78, 5) is 36.6. The number of benzene rings is 4. The molecule has 9 heteroatoms. The van der Waals surface area contributed by atoms with Gasteiger partial charge in [0.1, 0.15) is 11.3 Å². The first-order valence-corrected chi connectivity index (χ1v) is 12.9. The molecule has 0 amide bonds. The Morgan fingerprint density at radius 1 is 0.415 bits per heavy atom. The average Bonchev–Trinajstić information content (AvgIpc) is 3.73. The van der Waals surface area contributed by atoms with Crippen LogP contribution in [0.1, 0.15) is 0 Å². The maximum Gasteiger partial charge on any atom is 0.164 e. The Morgan fingerprint density at radius 3 is 1.32 bits per heavy atom. The van der Waals surface area contributed by atoms with Gasteiger partial charge in [0.15, 0.2) is 23.3 Å². The van der Waals surface area contributed by atoms with E-state index in [-0.39, 0.29) is 21.7 Å². The molecule has 2 N–H and O–H groups in total. The van der Waals surface area contributed by atoms with Crippen molar-refractivity contribution in [2.75, 3.05) is 0 Å². The molecule has 0 unspecified atom stereocenters. The van der Waals surface area contributed by atoms with E-state index in [1.54, 1.807) is 0 Å². The van der Waals surface area contributed by atoms with Crippen LogP contribution in [0.2, 0.25) is 0 Å². The topological polar surface area (TPSA) is 109 Å². The average molecular weight is 561 g/mol. The molecule has 0 saturated carbocycles. The summed E-state index contributed by atoms with van der Waals surface area (Å²) in [6.07, 6.45) is 0. The van der Waals surface area contributed by atoms with E-state index in [0.717, 1.165) is 43.8 Å². The van der Waals surface area contributed by atoms with Crippen molar-refractivity contribution < 1.29 is 21.7 Å². The normalized spacial score (nSPS) is 11.7. The van der Waals surface area contributed by atoms with Crippen molar-refractivity contribution in [3.05, 3.63) is 97.1 Å². The third-order valence-electron chi connectivity index (χ3n) is 7.37. The van der Waals surface area contributed by atoms with Gasteiger partial charge in [-0.1, -0.05) is 83.6 Å². The number of aromatic nitrogens is 8. The standard InChI is InChI=1S/C32H17N8.Ti/c1-2-10-18-17(9-1)25-33-26(18)38-28-21-13-5-6-14-22(21)30(35-28)40-32-24-16-8-7-15-23(24)31(36-32)39-29-20-12-4-3-11-19(20)27(34-29)37-25;/h1-15H,(H2,33,34,35,36,37,38,39,40);/q-1;. The third kappa shape index (κ3) is 3.58. The Kier molecular flexibility index (Phi) is 5.22. The first-order chi connectivity index (χ1) is 19.8. The molecule has 0 atom stereocenters. The second-order valence-electron chi connectivity index (χ2n) is 9.71. The molecule has 2 aliphatic rings. The summed E-state index contributed by atoms with van der Waals surface area (Å²) in [6.45, 7) is 0. The van der Waals surface area contributed by atoms with Gasteiger partial charge in [-0.25, -0.2) is 24.9 Å². The smallest absolute Gasteiger partial charge is 0.164 e. The number of H-pyrrole nitrogens is 2. The van der Waals surface area contributed by atoms with E-state index in [2.05, 4.69) is 16.0 Å². The monoisotopic (exact) mass is 561 g/mol. The van der Waals surface area contributed by atoms with Gasteiger partial charge in [0.25, 0.3) is 0 Å².